The summed E-state index contributed by atoms with van der Waals surface area (Å²) in [5.74, 6) is 0.121. The third-order valence-corrected chi connectivity index (χ3v) is 4.83. The number of amides is 1. The van der Waals surface area contributed by atoms with Gasteiger partial charge in [-0.3, -0.25) is 4.79 Å². The third-order valence-electron chi connectivity index (χ3n) is 4.83. The molecule has 4 nitrogen and oxygen atoms in total. The number of hydrogen-bond donors (Lipinski definition) is 1. The number of nitrogens with zero attached hydrogens (tertiary/aromatic N) is 1. The van der Waals surface area contributed by atoms with E-state index in [0.717, 1.165) is 26.1 Å². The van der Waals surface area contributed by atoms with Crippen LogP contribution in [-0.4, -0.2) is 43.6 Å². The highest BCUT2D eigenvalue weighted by Crippen LogP contribution is 2.26. The smallest absolute Gasteiger partial charge is 0.253 e. The molecule has 5 heteroatoms. The van der Waals surface area contributed by atoms with Crippen molar-refractivity contribution < 1.29 is 13.9 Å². The van der Waals surface area contributed by atoms with Gasteiger partial charge in [0.15, 0.2) is 11.6 Å². The quantitative estimate of drug-likeness (QED) is 0.912. The maximum Gasteiger partial charge on any atom is 0.253 e. The molecule has 2 atom stereocenters. The first-order valence-electron chi connectivity index (χ1n) is 8.05. The summed E-state index contributed by atoms with van der Waals surface area (Å²) in [7, 11) is 1.42. The Kier molecular flexibility index (Phi) is 4.62. The van der Waals surface area contributed by atoms with Crippen molar-refractivity contribution in [2.45, 2.75) is 31.7 Å². The van der Waals surface area contributed by atoms with Gasteiger partial charge in [0, 0.05) is 24.7 Å². The summed E-state index contributed by atoms with van der Waals surface area (Å²) in [5, 5.41) is 3.59. The Morgan fingerprint density at radius 3 is 3.00 bits per heavy atom. The molecule has 2 saturated heterocycles. The van der Waals surface area contributed by atoms with Crippen molar-refractivity contribution in [2.75, 3.05) is 26.7 Å². The lowest BCUT2D eigenvalue weighted by Gasteiger charge is -2.38. The highest BCUT2D eigenvalue weighted by molar-refractivity contribution is 5.94. The number of rotatable bonds is 2. The Morgan fingerprint density at radius 2 is 2.23 bits per heavy atom. The van der Waals surface area contributed by atoms with Gasteiger partial charge in [-0.25, -0.2) is 4.39 Å². The van der Waals surface area contributed by atoms with Gasteiger partial charge in [-0.05, 0) is 49.9 Å². The number of carbonyl (C=O) groups is 1. The zero-order valence-corrected chi connectivity index (χ0v) is 13.0. The van der Waals surface area contributed by atoms with Crippen LogP contribution in [0.25, 0.3) is 0 Å². The zero-order chi connectivity index (χ0) is 15.5. The fourth-order valence-corrected chi connectivity index (χ4v) is 3.58. The third kappa shape index (κ3) is 3.09. The number of nitrogens with one attached hydrogen (secondary N) is 1. The first-order valence-corrected chi connectivity index (χ1v) is 8.05. The second kappa shape index (κ2) is 6.65. The molecule has 2 aliphatic rings. The molecule has 120 valence electrons. The average Bonchev–Trinajstić information content (AvgIpc) is 2.78. The van der Waals surface area contributed by atoms with E-state index in [1.807, 2.05) is 4.90 Å². The van der Waals surface area contributed by atoms with E-state index in [2.05, 4.69) is 5.32 Å². The highest BCUT2D eigenvalue weighted by atomic mass is 19.1. The van der Waals surface area contributed by atoms with Crippen LogP contribution in [0.15, 0.2) is 18.2 Å². The normalized spacial score (nSPS) is 25.3. The Bertz CT molecular complexity index is 549. The van der Waals surface area contributed by atoms with Gasteiger partial charge in [0.05, 0.1) is 7.11 Å². The van der Waals surface area contributed by atoms with Crippen LogP contribution in [0.4, 0.5) is 4.39 Å². The fraction of sp³-hybridized carbons (Fsp3) is 0.588. The topological polar surface area (TPSA) is 41.6 Å². The van der Waals surface area contributed by atoms with Gasteiger partial charge in [0.1, 0.15) is 0 Å². The van der Waals surface area contributed by atoms with Crippen molar-refractivity contribution in [3.8, 4) is 5.75 Å². The van der Waals surface area contributed by atoms with Gasteiger partial charge in [-0.1, -0.05) is 6.42 Å². The van der Waals surface area contributed by atoms with Crippen LogP contribution in [0, 0.1) is 11.7 Å². The van der Waals surface area contributed by atoms with Crippen LogP contribution in [0.3, 0.4) is 0 Å². The summed E-state index contributed by atoms with van der Waals surface area (Å²) in [6.07, 6.45) is 4.57. The molecule has 2 fully saturated rings. The number of likely N-dealkylation sites (tertiary alicyclic amines) is 1. The van der Waals surface area contributed by atoms with E-state index in [1.54, 1.807) is 6.07 Å². The highest BCUT2D eigenvalue weighted by Gasteiger charge is 2.32. The molecular weight excluding hydrogens is 283 g/mol. The van der Waals surface area contributed by atoms with E-state index in [-0.39, 0.29) is 11.7 Å². The van der Waals surface area contributed by atoms with E-state index >= 15 is 0 Å². The summed E-state index contributed by atoms with van der Waals surface area (Å²) >= 11 is 0. The Morgan fingerprint density at radius 1 is 1.36 bits per heavy atom. The van der Waals surface area contributed by atoms with Gasteiger partial charge in [-0.2, -0.15) is 0 Å². The molecule has 1 aromatic rings. The lowest BCUT2D eigenvalue weighted by Crippen LogP contribution is -2.50. The molecule has 0 bridgehead atoms. The molecule has 2 aliphatic heterocycles. The summed E-state index contributed by atoms with van der Waals surface area (Å²) in [6, 6.07) is 4.96. The molecule has 22 heavy (non-hydrogen) atoms. The minimum absolute atomic E-state index is 0.0794. The van der Waals surface area contributed by atoms with Crippen molar-refractivity contribution in [3.05, 3.63) is 29.6 Å². The average molecular weight is 306 g/mol. The van der Waals surface area contributed by atoms with E-state index in [9.17, 15) is 9.18 Å². The van der Waals surface area contributed by atoms with Crippen LogP contribution < -0.4 is 10.1 Å². The number of ether oxygens (including phenoxy) is 1. The second-order valence-electron chi connectivity index (χ2n) is 6.21. The number of carbonyl (C=O) groups excluding carboxylic acids is 1. The fourth-order valence-electron chi connectivity index (χ4n) is 3.58. The molecule has 0 aliphatic carbocycles. The summed E-state index contributed by atoms with van der Waals surface area (Å²) in [5.41, 5.74) is 0.401. The van der Waals surface area contributed by atoms with Crippen LogP contribution >= 0.6 is 0 Å². The van der Waals surface area contributed by atoms with Gasteiger partial charge in [-0.15, -0.1) is 0 Å². The molecule has 1 amide bonds. The van der Waals surface area contributed by atoms with Gasteiger partial charge in [0.25, 0.3) is 5.91 Å². The van der Waals surface area contributed by atoms with Gasteiger partial charge in [0.2, 0.25) is 0 Å². The predicted molar refractivity (Wildman–Crippen MR) is 82.6 cm³/mol. The Balaban J connectivity index is 1.71. The maximum absolute atomic E-state index is 13.8. The van der Waals surface area contributed by atoms with Crippen LogP contribution in [0.5, 0.6) is 5.75 Å². The van der Waals surface area contributed by atoms with E-state index in [1.165, 1.54) is 38.5 Å². The van der Waals surface area contributed by atoms with Crippen molar-refractivity contribution in [1.82, 2.24) is 10.2 Å². The van der Waals surface area contributed by atoms with Crippen molar-refractivity contribution in [1.29, 1.82) is 0 Å². The number of benzene rings is 1. The van der Waals surface area contributed by atoms with Crippen LogP contribution in [-0.2, 0) is 0 Å². The predicted octanol–water partition coefficient (Wildman–Crippen LogP) is 2.44. The summed E-state index contributed by atoms with van der Waals surface area (Å²) in [4.78, 5) is 14.5. The number of halogens is 1. The maximum atomic E-state index is 13.8. The van der Waals surface area contributed by atoms with E-state index < -0.39 is 5.82 Å². The number of hydrogen-bond acceptors (Lipinski definition) is 3. The van der Waals surface area contributed by atoms with Crippen molar-refractivity contribution in [3.63, 3.8) is 0 Å². The standard InChI is InChI=1S/C17H23FN2O2/c1-22-16-6-5-12(10-14(16)18)17(21)20-9-7-15-13(11-20)4-2-3-8-19-15/h5-6,10,13,15,19H,2-4,7-9,11H2,1H3/t13-,15-/m1/s1. The molecule has 0 unspecified atom stereocenters. The Labute approximate surface area is 130 Å². The molecular formula is C17H23FN2O2. The zero-order valence-electron chi connectivity index (χ0n) is 13.0. The van der Waals surface area contributed by atoms with Crippen LogP contribution in [0.1, 0.15) is 36.0 Å². The van der Waals surface area contributed by atoms with Crippen LogP contribution in [0.2, 0.25) is 0 Å². The molecule has 0 spiro atoms. The number of piperidine rings is 1. The monoisotopic (exact) mass is 306 g/mol. The van der Waals surface area contributed by atoms with E-state index in [0.29, 0.717) is 17.5 Å². The molecule has 0 aromatic heterocycles. The first kappa shape index (κ1) is 15.3. The van der Waals surface area contributed by atoms with Crippen molar-refractivity contribution >= 4 is 5.91 Å². The molecule has 1 aromatic carbocycles. The minimum atomic E-state index is -0.487. The minimum Gasteiger partial charge on any atom is -0.494 e. The molecule has 0 radical (unpaired) electrons. The number of methoxy groups -OCH3 is 1. The lowest BCUT2D eigenvalue weighted by atomic mass is 9.89. The summed E-state index contributed by atoms with van der Waals surface area (Å²) in [6.45, 7) is 2.59. The summed E-state index contributed by atoms with van der Waals surface area (Å²) < 4.78 is 18.7. The molecule has 3 rings (SSSR count). The largest absolute Gasteiger partial charge is 0.494 e. The molecule has 1 N–H and O–H groups in total. The van der Waals surface area contributed by atoms with Gasteiger partial charge < -0.3 is 15.0 Å². The Hall–Kier alpha value is -1.62. The molecule has 2 heterocycles. The second-order valence-corrected chi connectivity index (χ2v) is 6.21. The van der Waals surface area contributed by atoms with Crippen molar-refractivity contribution in [2.24, 2.45) is 5.92 Å². The lowest BCUT2D eigenvalue weighted by molar-refractivity contribution is 0.0631. The molecule has 0 saturated carbocycles. The van der Waals surface area contributed by atoms with Gasteiger partial charge >= 0.3 is 0 Å². The van der Waals surface area contributed by atoms with E-state index in [4.69, 9.17) is 4.74 Å². The SMILES string of the molecule is COc1ccc(C(=O)N2CC[C@H]3NCCCC[C@@H]3C2)cc1F. The number of fused-ring (bicyclic) bond motifs is 1. The first-order chi connectivity index (χ1) is 10.7.